The van der Waals surface area contributed by atoms with E-state index >= 15 is 0 Å². The minimum Gasteiger partial charge on any atom is -0.351 e. The second-order valence-corrected chi connectivity index (χ2v) is 6.78. The van der Waals surface area contributed by atoms with Crippen molar-refractivity contribution in [2.45, 2.75) is 13.8 Å². The molecule has 1 aromatic carbocycles. The van der Waals surface area contributed by atoms with Gasteiger partial charge < -0.3 is 10.2 Å². The van der Waals surface area contributed by atoms with Crippen LogP contribution in [0.3, 0.4) is 0 Å². The normalized spacial score (nSPS) is 11.2. The van der Waals surface area contributed by atoms with Crippen molar-refractivity contribution in [2.75, 3.05) is 26.2 Å². The summed E-state index contributed by atoms with van der Waals surface area (Å²) in [6.45, 7) is 7.76. The van der Waals surface area contributed by atoms with Crippen molar-refractivity contribution in [1.82, 2.24) is 15.2 Å². The highest BCUT2D eigenvalue weighted by atomic mass is 32.1. The second kappa shape index (κ2) is 8.23. The quantitative estimate of drug-likeness (QED) is 0.697. The summed E-state index contributed by atoms with van der Waals surface area (Å²) in [5.74, 6) is -0.0384. The lowest BCUT2D eigenvalue weighted by molar-refractivity contribution is 0.0950. The average molecular weight is 353 g/mol. The van der Waals surface area contributed by atoms with Gasteiger partial charge in [-0.05, 0) is 36.7 Å². The van der Waals surface area contributed by atoms with Crippen molar-refractivity contribution < 1.29 is 4.79 Å². The first-order valence-electron chi connectivity index (χ1n) is 8.67. The van der Waals surface area contributed by atoms with Crippen molar-refractivity contribution >= 4 is 28.1 Å². The lowest BCUT2D eigenvalue weighted by Crippen LogP contribution is -2.34. The molecule has 0 aliphatic carbocycles. The van der Waals surface area contributed by atoms with E-state index in [2.05, 4.69) is 24.1 Å². The number of carbonyl (C=O) groups excluding carboxylic acids is 1. The summed E-state index contributed by atoms with van der Waals surface area (Å²) in [7, 11) is 0. The molecule has 130 valence electrons. The minimum absolute atomic E-state index is 0.0384. The molecule has 0 saturated carbocycles. The van der Waals surface area contributed by atoms with E-state index in [1.54, 1.807) is 11.3 Å². The molecule has 1 N–H and O–H groups in total. The number of hydrogen-bond acceptors (Lipinski definition) is 4. The van der Waals surface area contributed by atoms with E-state index in [9.17, 15) is 4.79 Å². The van der Waals surface area contributed by atoms with Gasteiger partial charge in [-0.3, -0.25) is 4.79 Å². The molecule has 3 rings (SSSR count). The lowest BCUT2D eigenvalue weighted by atomic mass is 10.1. The fourth-order valence-corrected chi connectivity index (χ4v) is 3.56. The van der Waals surface area contributed by atoms with E-state index < -0.39 is 0 Å². The Labute approximate surface area is 152 Å². The van der Waals surface area contributed by atoms with E-state index in [0.717, 1.165) is 41.1 Å². The highest BCUT2D eigenvalue weighted by Crippen LogP contribution is 2.27. The number of nitrogens with one attached hydrogen (secondary N) is 1. The zero-order chi connectivity index (χ0) is 17.6. The molecule has 0 bridgehead atoms. The maximum Gasteiger partial charge on any atom is 0.252 e. The molecule has 3 aromatic rings. The van der Waals surface area contributed by atoms with Crippen molar-refractivity contribution in [2.24, 2.45) is 0 Å². The molecule has 25 heavy (non-hydrogen) atoms. The third-order valence-electron chi connectivity index (χ3n) is 4.34. The van der Waals surface area contributed by atoms with Crippen LogP contribution in [0.5, 0.6) is 0 Å². The van der Waals surface area contributed by atoms with Crippen LogP contribution in [0.2, 0.25) is 0 Å². The molecule has 0 fully saturated rings. The molecule has 0 unspecified atom stereocenters. The summed E-state index contributed by atoms with van der Waals surface area (Å²) in [5, 5.41) is 5.97. The summed E-state index contributed by atoms with van der Waals surface area (Å²) in [6.07, 6.45) is 0. The van der Waals surface area contributed by atoms with Gasteiger partial charge in [0.25, 0.3) is 5.91 Å². The van der Waals surface area contributed by atoms with E-state index in [1.807, 2.05) is 47.8 Å². The molecule has 4 nitrogen and oxygen atoms in total. The number of rotatable bonds is 7. The topological polar surface area (TPSA) is 45.2 Å². The number of para-hydroxylation sites is 1. The molecule has 0 atom stereocenters. The Morgan fingerprint density at radius 3 is 2.68 bits per heavy atom. The van der Waals surface area contributed by atoms with Gasteiger partial charge in [-0.15, -0.1) is 11.3 Å². The average Bonchev–Trinajstić information content (AvgIpc) is 3.19. The number of aromatic nitrogens is 1. The van der Waals surface area contributed by atoms with Crippen LogP contribution in [0.4, 0.5) is 0 Å². The molecule has 1 amide bonds. The molecule has 0 spiro atoms. The van der Waals surface area contributed by atoms with Crippen molar-refractivity contribution in [1.29, 1.82) is 0 Å². The smallest absolute Gasteiger partial charge is 0.252 e. The number of carbonyl (C=O) groups is 1. The number of hydrogen-bond donors (Lipinski definition) is 1. The largest absolute Gasteiger partial charge is 0.351 e. The van der Waals surface area contributed by atoms with E-state index in [-0.39, 0.29) is 5.91 Å². The van der Waals surface area contributed by atoms with Gasteiger partial charge in [0.2, 0.25) is 0 Å². The Balaban J connectivity index is 1.87. The first-order chi connectivity index (χ1) is 12.2. The molecule has 0 radical (unpaired) electrons. The summed E-state index contributed by atoms with van der Waals surface area (Å²) in [6, 6.07) is 13.8. The Bertz CT molecular complexity index is 841. The van der Waals surface area contributed by atoms with Crippen molar-refractivity contribution in [3.05, 3.63) is 53.4 Å². The van der Waals surface area contributed by atoms with Crippen LogP contribution >= 0.6 is 11.3 Å². The SMILES string of the molecule is CCN(CC)CCNC(=O)c1cc(-c2cccs2)nc2ccccc12. The lowest BCUT2D eigenvalue weighted by Gasteiger charge is -2.18. The molecule has 0 saturated heterocycles. The monoisotopic (exact) mass is 353 g/mol. The highest BCUT2D eigenvalue weighted by Gasteiger charge is 2.14. The van der Waals surface area contributed by atoms with Crippen LogP contribution < -0.4 is 5.32 Å². The molecule has 2 heterocycles. The number of thiophene rings is 1. The maximum absolute atomic E-state index is 12.8. The van der Waals surface area contributed by atoms with E-state index in [0.29, 0.717) is 12.1 Å². The molecule has 0 aliphatic rings. The van der Waals surface area contributed by atoms with E-state index in [4.69, 9.17) is 4.98 Å². The Morgan fingerprint density at radius 1 is 1.16 bits per heavy atom. The van der Waals surface area contributed by atoms with Crippen LogP contribution in [0, 0.1) is 0 Å². The van der Waals surface area contributed by atoms with Gasteiger partial charge in [0.15, 0.2) is 0 Å². The van der Waals surface area contributed by atoms with Crippen LogP contribution in [-0.2, 0) is 0 Å². The van der Waals surface area contributed by atoms with Gasteiger partial charge >= 0.3 is 0 Å². The number of pyridine rings is 1. The fraction of sp³-hybridized carbons (Fsp3) is 0.300. The van der Waals surface area contributed by atoms with Gasteiger partial charge in [0, 0.05) is 18.5 Å². The van der Waals surface area contributed by atoms with Crippen molar-refractivity contribution in [3.8, 4) is 10.6 Å². The summed E-state index contributed by atoms with van der Waals surface area (Å²) < 4.78 is 0. The second-order valence-electron chi connectivity index (χ2n) is 5.83. The van der Waals surface area contributed by atoms with Crippen LogP contribution in [0.1, 0.15) is 24.2 Å². The number of amides is 1. The number of benzene rings is 1. The minimum atomic E-state index is -0.0384. The highest BCUT2D eigenvalue weighted by molar-refractivity contribution is 7.13. The predicted molar refractivity (Wildman–Crippen MR) is 105 cm³/mol. The molecular formula is C20H23N3OS. The predicted octanol–water partition coefficient (Wildman–Crippen LogP) is 4.03. The van der Waals surface area contributed by atoms with Gasteiger partial charge in [-0.2, -0.15) is 0 Å². The third kappa shape index (κ3) is 4.06. The molecular weight excluding hydrogens is 330 g/mol. The van der Waals surface area contributed by atoms with Gasteiger partial charge in [0.05, 0.1) is 21.7 Å². The fourth-order valence-electron chi connectivity index (χ4n) is 2.88. The summed E-state index contributed by atoms with van der Waals surface area (Å²) in [4.78, 5) is 20.9. The van der Waals surface area contributed by atoms with Gasteiger partial charge in [-0.25, -0.2) is 4.98 Å². The zero-order valence-corrected chi connectivity index (χ0v) is 15.5. The maximum atomic E-state index is 12.8. The van der Waals surface area contributed by atoms with Crippen LogP contribution in [0.25, 0.3) is 21.5 Å². The van der Waals surface area contributed by atoms with Crippen molar-refractivity contribution in [3.63, 3.8) is 0 Å². The Morgan fingerprint density at radius 2 is 1.96 bits per heavy atom. The van der Waals surface area contributed by atoms with Gasteiger partial charge in [-0.1, -0.05) is 38.1 Å². The first kappa shape index (κ1) is 17.6. The Kier molecular flexibility index (Phi) is 5.79. The first-order valence-corrected chi connectivity index (χ1v) is 9.55. The van der Waals surface area contributed by atoms with Gasteiger partial charge in [0.1, 0.15) is 0 Å². The zero-order valence-electron chi connectivity index (χ0n) is 14.7. The molecule has 5 heteroatoms. The van der Waals surface area contributed by atoms with Crippen LogP contribution in [-0.4, -0.2) is 42.0 Å². The summed E-state index contributed by atoms with van der Waals surface area (Å²) in [5.41, 5.74) is 2.39. The summed E-state index contributed by atoms with van der Waals surface area (Å²) >= 11 is 1.63. The number of likely N-dealkylation sites (N-methyl/N-ethyl adjacent to an activating group) is 1. The number of fused-ring (bicyclic) bond motifs is 1. The van der Waals surface area contributed by atoms with E-state index in [1.165, 1.54) is 0 Å². The number of nitrogens with zero attached hydrogens (tertiary/aromatic N) is 2. The third-order valence-corrected chi connectivity index (χ3v) is 5.23. The standard InChI is InChI=1S/C20H23N3OS/c1-3-23(4-2)12-11-21-20(24)16-14-18(19-10-7-13-25-19)22-17-9-6-5-8-15(16)17/h5-10,13-14H,3-4,11-12H2,1-2H3,(H,21,24). The molecule has 0 aliphatic heterocycles. The van der Waals surface area contributed by atoms with Crippen LogP contribution in [0.15, 0.2) is 47.8 Å². The Hall–Kier alpha value is -2.24. The molecule has 2 aromatic heterocycles.